The third kappa shape index (κ3) is 5.69. The third-order valence-electron chi connectivity index (χ3n) is 3.20. The molecule has 0 saturated carbocycles. The van der Waals surface area contributed by atoms with Gasteiger partial charge in [0.25, 0.3) is 0 Å². The van der Waals surface area contributed by atoms with Crippen molar-refractivity contribution in [2.24, 2.45) is 0 Å². The van der Waals surface area contributed by atoms with E-state index in [0.29, 0.717) is 22.8 Å². The predicted octanol–water partition coefficient (Wildman–Crippen LogP) is 3.65. The third-order valence-corrected chi connectivity index (χ3v) is 3.20. The van der Waals surface area contributed by atoms with Gasteiger partial charge in [-0.05, 0) is 41.5 Å². The second-order valence-corrected chi connectivity index (χ2v) is 5.11. The normalized spacial score (nSPS) is 10.5. The van der Waals surface area contributed by atoms with Gasteiger partial charge < -0.3 is 19.3 Å². The van der Waals surface area contributed by atoms with Crippen LogP contribution in [0.25, 0.3) is 6.08 Å². The number of carboxylic acid groups (broad SMARTS) is 1. The van der Waals surface area contributed by atoms with E-state index in [1.165, 1.54) is 20.1 Å². The van der Waals surface area contributed by atoms with Crippen LogP contribution in [-0.2, 0) is 20.9 Å². The first kappa shape index (κ1) is 18.1. The van der Waals surface area contributed by atoms with Gasteiger partial charge >= 0.3 is 11.9 Å². The van der Waals surface area contributed by atoms with Crippen LogP contribution < -0.4 is 9.47 Å². The van der Waals surface area contributed by atoms with Gasteiger partial charge in [0.15, 0.2) is 11.5 Å². The molecule has 0 amide bonds. The summed E-state index contributed by atoms with van der Waals surface area (Å²) in [6.45, 7) is 1.57. The minimum Gasteiger partial charge on any atom is -0.493 e. The van der Waals surface area contributed by atoms with E-state index in [1.54, 1.807) is 42.5 Å². The number of esters is 1. The molecule has 0 heterocycles. The van der Waals surface area contributed by atoms with Crippen molar-refractivity contribution >= 4 is 18.0 Å². The highest BCUT2D eigenvalue weighted by Crippen LogP contribution is 2.32. The number of hydrogen-bond donors (Lipinski definition) is 1. The Labute approximate surface area is 145 Å². The lowest BCUT2D eigenvalue weighted by atomic mass is 10.2. The van der Waals surface area contributed by atoms with E-state index in [0.717, 1.165) is 11.6 Å². The fourth-order valence-electron chi connectivity index (χ4n) is 2.01. The monoisotopic (exact) mass is 342 g/mol. The van der Waals surface area contributed by atoms with E-state index in [4.69, 9.17) is 19.3 Å². The molecule has 25 heavy (non-hydrogen) atoms. The Morgan fingerprint density at radius 2 is 1.80 bits per heavy atom. The molecule has 0 aliphatic heterocycles. The Balaban J connectivity index is 2.11. The smallest absolute Gasteiger partial charge is 0.328 e. The molecule has 0 bridgehead atoms. The van der Waals surface area contributed by atoms with Gasteiger partial charge in [-0.1, -0.05) is 18.2 Å². The fourth-order valence-corrected chi connectivity index (χ4v) is 2.01. The predicted molar refractivity (Wildman–Crippen MR) is 91.6 cm³/mol. The zero-order valence-electron chi connectivity index (χ0n) is 13.9. The molecule has 2 rings (SSSR count). The van der Waals surface area contributed by atoms with Gasteiger partial charge in [-0.2, -0.15) is 0 Å². The van der Waals surface area contributed by atoms with Crippen LogP contribution >= 0.6 is 0 Å². The summed E-state index contributed by atoms with van der Waals surface area (Å²) in [5.74, 6) is 0.230. The minimum atomic E-state index is -1.02. The zero-order valence-corrected chi connectivity index (χ0v) is 13.9. The standard InChI is InChI=1S/C19H18O6/c1-13(20)24-12-15-3-7-16(8-4-15)25-17-9-5-14(6-10-19(21)22)11-18(17)23-2/h3-11H,12H2,1-2H3,(H,21,22)/b10-6+. The van der Waals surface area contributed by atoms with Crippen LogP contribution in [0, 0.1) is 0 Å². The van der Waals surface area contributed by atoms with Crippen LogP contribution in [-0.4, -0.2) is 24.2 Å². The van der Waals surface area contributed by atoms with E-state index in [9.17, 15) is 9.59 Å². The second-order valence-electron chi connectivity index (χ2n) is 5.11. The molecule has 1 N–H and O–H groups in total. The maximum Gasteiger partial charge on any atom is 0.328 e. The molecule has 2 aromatic carbocycles. The number of hydrogen-bond acceptors (Lipinski definition) is 5. The van der Waals surface area contributed by atoms with Crippen LogP contribution in [0.4, 0.5) is 0 Å². The van der Waals surface area contributed by atoms with E-state index in [1.807, 2.05) is 0 Å². The summed E-state index contributed by atoms with van der Waals surface area (Å²) in [4.78, 5) is 21.4. The molecular weight excluding hydrogens is 324 g/mol. The Bertz CT molecular complexity index is 777. The summed E-state index contributed by atoms with van der Waals surface area (Å²) in [7, 11) is 1.51. The topological polar surface area (TPSA) is 82.1 Å². The molecule has 0 radical (unpaired) electrons. The average Bonchev–Trinajstić information content (AvgIpc) is 2.60. The Morgan fingerprint density at radius 3 is 2.40 bits per heavy atom. The lowest BCUT2D eigenvalue weighted by Crippen LogP contribution is -1.98. The van der Waals surface area contributed by atoms with E-state index < -0.39 is 5.97 Å². The first-order chi connectivity index (χ1) is 12.0. The van der Waals surface area contributed by atoms with Crippen LogP contribution in [0.15, 0.2) is 48.5 Å². The summed E-state index contributed by atoms with van der Waals surface area (Å²) in [5, 5.41) is 8.67. The van der Waals surface area contributed by atoms with Gasteiger partial charge in [-0.15, -0.1) is 0 Å². The first-order valence-corrected chi connectivity index (χ1v) is 7.47. The summed E-state index contributed by atoms with van der Waals surface area (Å²) >= 11 is 0. The van der Waals surface area contributed by atoms with Crippen LogP contribution in [0.2, 0.25) is 0 Å². The average molecular weight is 342 g/mol. The number of rotatable bonds is 7. The molecule has 2 aromatic rings. The molecule has 0 atom stereocenters. The second kappa shape index (κ2) is 8.54. The van der Waals surface area contributed by atoms with E-state index in [-0.39, 0.29) is 12.6 Å². The van der Waals surface area contributed by atoms with Crippen molar-refractivity contribution in [3.05, 3.63) is 59.7 Å². The lowest BCUT2D eigenvalue weighted by molar-refractivity contribution is -0.142. The number of carbonyl (C=O) groups excluding carboxylic acids is 1. The number of ether oxygens (including phenoxy) is 3. The summed E-state index contributed by atoms with van der Waals surface area (Å²) in [6, 6.07) is 12.2. The van der Waals surface area contributed by atoms with Gasteiger partial charge in [0, 0.05) is 13.0 Å². The first-order valence-electron chi connectivity index (χ1n) is 7.47. The molecule has 0 fully saturated rings. The highest BCUT2D eigenvalue weighted by molar-refractivity contribution is 5.85. The lowest BCUT2D eigenvalue weighted by Gasteiger charge is -2.11. The van der Waals surface area contributed by atoms with Crippen molar-refractivity contribution in [1.82, 2.24) is 0 Å². The molecule has 130 valence electrons. The number of benzene rings is 2. The van der Waals surface area contributed by atoms with Crippen molar-refractivity contribution in [1.29, 1.82) is 0 Å². The summed E-state index contributed by atoms with van der Waals surface area (Å²) in [6.07, 6.45) is 2.52. The molecule has 0 aromatic heterocycles. The Kier molecular flexibility index (Phi) is 6.17. The van der Waals surface area contributed by atoms with Crippen molar-refractivity contribution < 1.29 is 28.9 Å². The van der Waals surface area contributed by atoms with Crippen molar-refractivity contribution in [3.63, 3.8) is 0 Å². The maximum absolute atomic E-state index is 10.8. The maximum atomic E-state index is 10.8. The summed E-state index contributed by atoms with van der Waals surface area (Å²) < 4.78 is 16.0. The van der Waals surface area contributed by atoms with Gasteiger partial charge in [0.1, 0.15) is 12.4 Å². The highest BCUT2D eigenvalue weighted by Gasteiger charge is 2.07. The molecule has 0 unspecified atom stereocenters. The zero-order chi connectivity index (χ0) is 18.2. The minimum absolute atomic E-state index is 0.212. The molecule has 6 nitrogen and oxygen atoms in total. The van der Waals surface area contributed by atoms with Gasteiger partial charge in [-0.25, -0.2) is 4.79 Å². The fraction of sp³-hybridized carbons (Fsp3) is 0.158. The van der Waals surface area contributed by atoms with Crippen LogP contribution in [0.5, 0.6) is 17.2 Å². The van der Waals surface area contributed by atoms with Crippen molar-refractivity contribution in [2.45, 2.75) is 13.5 Å². The van der Waals surface area contributed by atoms with Gasteiger partial charge in [0.2, 0.25) is 0 Å². The number of methoxy groups -OCH3 is 1. The highest BCUT2D eigenvalue weighted by atomic mass is 16.5. The van der Waals surface area contributed by atoms with Crippen LogP contribution in [0.3, 0.4) is 0 Å². The quantitative estimate of drug-likeness (QED) is 0.611. The molecule has 0 aliphatic rings. The van der Waals surface area contributed by atoms with Crippen LogP contribution in [0.1, 0.15) is 18.1 Å². The molecule has 0 saturated heterocycles. The van der Waals surface area contributed by atoms with Crippen molar-refractivity contribution in [2.75, 3.05) is 7.11 Å². The van der Waals surface area contributed by atoms with E-state index >= 15 is 0 Å². The number of carboxylic acids is 1. The van der Waals surface area contributed by atoms with E-state index in [2.05, 4.69) is 0 Å². The van der Waals surface area contributed by atoms with Crippen molar-refractivity contribution in [3.8, 4) is 17.2 Å². The molecular formula is C19H18O6. The SMILES string of the molecule is COc1cc(/C=C/C(=O)O)ccc1Oc1ccc(COC(C)=O)cc1. The molecule has 0 aliphatic carbocycles. The number of carbonyl (C=O) groups is 2. The Morgan fingerprint density at radius 1 is 1.08 bits per heavy atom. The summed E-state index contributed by atoms with van der Waals surface area (Å²) in [5.41, 5.74) is 1.53. The largest absolute Gasteiger partial charge is 0.493 e. The van der Waals surface area contributed by atoms with Gasteiger partial charge in [-0.3, -0.25) is 4.79 Å². The molecule has 6 heteroatoms. The number of aliphatic carboxylic acids is 1. The Hall–Kier alpha value is -3.28. The van der Waals surface area contributed by atoms with Gasteiger partial charge in [0.05, 0.1) is 7.11 Å². The molecule has 0 spiro atoms.